The van der Waals surface area contributed by atoms with Crippen molar-refractivity contribution >= 4 is 15.9 Å². The van der Waals surface area contributed by atoms with Crippen molar-refractivity contribution < 1.29 is 26.7 Å². The number of aromatic nitrogens is 2. The summed E-state index contributed by atoms with van der Waals surface area (Å²) in [6.45, 7) is 7.66. The van der Waals surface area contributed by atoms with Crippen LogP contribution in [0.3, 0.4) is 0 Å². The van der Waals surface area contributed by atoms with Crippen LogP contribution in [-0.4, -0.2) is 24.1 Å². The topological polar surface area (TPSA) is 87.4 Å². The molecule has 0 fully saturated rings. The zero-order valence-corrected chi connectivity index (χ0v) is 23.3. The first kappa shape index (κ1) is 29.1. The normalized spacial score (nSPS) is 13.6. The molecular weight excluding hydrogens is 539 g/mol. The van der Waals surface area contributed by atoms with Crippen molar-refractivity contribution in [1.82, 2.24) is 9.78 Å². The minimum atomic E-state index is -4.67. The number of benzene rings is 3. The van der Waals surface area contributed by atoms with Crippen LogP contribution in [0.1, 0.15) is 49.1 Å². The van der Waals surface area contributed by atoms with Crippen molar-refractivity contribution in [3.05, 3.63) is 101 Å². The lowest BCUT2D eigenvalue weighted by molar-refractivity contribution is -0.219. The number of sulfonamides is 1. The molecule has 0 bridgehead atoms. The molecule has 0 aliphatic heterocycles. The molecule has 0 radical (unpaired) electrons. The molecule has 1 heterocycles. The van der Waals surface area contributed by atoms with E-state index in [0.717, 1.165) is 28.3 Å². The molecule has 0 N–H and O–H groups in total. The fraction of sp³-hybridized carbons (Fsp3) is 0.267. The molecule has 40 heavy (non-hydrogen) atoms. The molecule has 0 saturated carbocycles. The van der Waals surface area contributed by atoms with Gasteiger partial charge < -0.3 is 5.11 Å². The summed E-state index contributed by atoms with van der Waals surface area (Å²) < 4.78 is 70.8. The minimum Gasteiger partial charge on any atom is -0.861 e. The average Bonchev–Trinajstić information content (AvgIpc) is 3.35. The Labute approximate surface area is 231 Å². The van der Waals surface area contributed by atoms with Crippen LogP contribution in [0, 0.1) is 12.8 Å². The average molecular weight is 569 g/mol. The zero-order valence-electron chi connectivity index (χ0n) is 22.5. The molecule has 3 aromatic carbocycles. The van der Waals surface area contributed by atoms with Crippen LogP contribution in [0.2, 0.25) is 0 Å². The van der Waals surface area contributed by atoms with Crippen molar-refractivity contribution in [2.45, 2.75) is 51.1 Å². The Morgan fingerprint density at radius 3 is 2.10 bits per heavy atom. The summed E-state index contributed by atoms with van der Waals surface area (Å²) in [6, 6.07) is 20.3. The van der Waals surface area contributed by atoms with Gasteiger partial charge in [-0.15, -0.1) is 0 Å². The van der Waals surface area contributed by atoms with Crippen LogP contribution < -0.4 is 5.11 Å². The molecule has 6 nitrogen and oxygen atoms in total. The van der Waals surface area contributed by atoms with Crippen LogP contribution in [0.25, 0.3) is 16.9 Å². The highest BCUT2D eigenvalue weighted by atomic mass is 32.2. The number of hydrogen-bond acceptors (Lipinski definition) is 4. The van der Waals surface area contributed by atoms with E-state index >= 15 is 0 Å². The van der Waals surface area contributed by atoms with Gasteiger partial charge in [0.25, 0.3) is 10.0 Å². The second kappa shape index (κ2) is 11.3. The summed E-state index contributed by atoms with van der Waals surface area (Å²) in [6.07, 6.45) is -3.78. The van der Waals surface area contributed by atoms with Gasteiger partial charge in [0.1, 0.15) is 0 Å². The predicted molar refractivity (Wildman–Crippen MR) is 147 cm³/mol. The van der Waals surface area contributed by atoms with Crippen molar-refractivity contribution in [2.24, 2.45) is 10.3 Å². The van der Waals surface area contributed by atoms with Crippen molar-refractivity contribution in [2.75, 3.05) is 0 Å². The third-order valence-electron chi connectivity index (χ3n) is 6.43. The largest absolute Gasteiger partial charge is 0.861 e. The van der Waals surface area contributed by atoms with Crippen molar-refractivity contribution in [3.8, 4) is 16.9 Å². The van der Waals surface area contributed by atoms with Crippen molar-refractivity contribution in [1.29, 1.82) is 0 Å². The third kappa shape index (κ3) is 6.62. The summed E-state index contributed by atoms with van der Waals surface area (Å²) in [7, 11) is -4.35. The maximum absolute atomic E-state index is 13.5. The highest BCUT2D eigenvalue weighted by molar-refractivity contribution is 7.90. The van der Waals surface area contributed by atoms with Crippen LogP contribution in [-0.2, 0) is 22.6 Å². The van der Waals surface area contributed by atoms with Crippen molar-refractivity contribution in [3.63, 3.8) is 0 Å². The Morgan fingerprint density at radius 1 is 0.950 bits per heavy atom. The van der Waals surface area contributed by atoms with Gasteiger partial charge in [-0.1, -0.05) is 74.9 Å². The summed E-state index contributed by atoms with van der Waals surface area (Å²) in [4.78, 5) is -0.260. The Bertz CT molecular complexity index is 1610. The van der Waals surface area contributed by atoms with E-state index in [1.807, 2.05) is 19.1 Å². The second-order valence-electron chi connectivity index (χ2n) is 10.2. The first-order chi connectivity index (χ1) is 18.7. The number of aryl methyl sites for hydroxylation is 1. The van der Waals surface area contributed by atoms with E-state index in [4.69, 9.17) is 0 Å². The SMILES string of the molecule is Cc1ccc(-c2cc(C(F)(F)F)nn2-c2ccc(S(=O)(=O)/N=C(\[O-])C(C)c3ccc(CC(C)C)cc3)cc2)cc1. The van der Waals surface area contributed by atoms with Gasteiger partial charge in [-0.25, -0.2) is 4.68 Å². The Balaban J connectivity index is 1.62. The number of halogens is 3. The standard InChI is InChI=1S/C30H30F3N3O3S/c1-19(2)17-22-7-11-23(12-8-22)21(4)29(37)35-40(38,39)26-15-13-25(14-16-26)36-27(18-28(34-36)30(31,32)33)24-9-5-20(3)6-10-24/h5-16,18-19,21H,17H2,1-4H3,(H,35,37)/p-1. The molecule has 10 heteroatoms. The lowest BCUT2D eigenvalue weighted by Gasteiger charge is -2.19. The maximum atomic E-state index is 13.5. The van der Waals surface area contributed by atoms with E-state index < -0.39 is 33.7 Å². The van der Waals surface area contributed by atoms with E-state index in [9.17, 15) is 26.7 Å². The smallest absolute Gasteiger partial charge is 0.435 e. The summed E-state index contributed by atoms with van der Waals surface area (Å²) >= 11 is 0. The molecule has 1 atom stereocenters. The Kier molecular flexibility index (Phi) is 8.20. The molecular formula is C30H29F3N3O3S-. The number of hydrogen-bond donors (Lipinski definition) is 0. The zero-order chi connectivity index (χ0) is 29.2. The van der Waals surface area contributed by atoms with E-state index in [1.165, 1.54) is 24.3 Å². The van der Waals surface area contributed by atoms with E-state index in [1.54, 1.807) is 43.3 Å². The Hall–Kier alpha value is -3.92. The van der Waals surface area contributed by atoms with Gasteiger partial charge >= 0.3 is 6.18 Å². The van der Waals surface area contributed by atoms with Gasteiger partial charge in [0.15, 0.2) is 5.69 Å². The van der Waals surface area contributed by atoms with Gasteiger partial charge in [-0.05, 0) is 66.6 Å². The molecule has 0 spiro atoms. The highest BCUT2D eigenvalue weighted by Crippen LogP contribution is 2.33. The van der Waals surface area contributed by atoms with Gasteiger partial charge in [0.05, 0.1) is 16.3 Å². The van der Waals surface area contributed by atoms with E-state index in [2.05, 4.69) is 23.3 Å². The summed E-state index contributed by atoms with van der Waals surface area (Å²) in [5, 5.41) is 16.5. The molecule has 0 aliphatic rings. The second-order valence-corrected chi connectivity index (χ2v) is 11.8. The van der Waals surface area contributed by atoms with Crippen LogP contribution in [0.15, 0.2) is 88.2 Å². The number of alkyl halides is 3. The first-order valence-electron chi connectivity index (χ1n) is 12.7. The molecule has 210 valence electrons. The Morgan fingerprint density at radius 2 is 1.55 bits per heavy atom. The van der Waals surface area contributed by atoms with Gasteiger partial charge in [0, 0.05) is 11.5 Å². The van der Waals surface area contributed by atoms with E-state index in [0.29, 0.717) is 17.0 Å². The van der Waals surface area contributed by atoms with Crippen LogP contribution >= 0.6 is 0 Å². The summed E-state index contributed by atoms with van der Waals surface area (Å²) in [5.41, 5.74) is 2.55. The van der Waals surface area contributed by atoms with Crippen LogP contribution in [0.5, 0.6) is 0 Å². The number of nitrogens with zero attached hydrogens (tertiary/aromatic N) is 3. The first-order valence-corrected chi connectivity index (χ1v) is 14.1. The summed E-state index contributed by atoms with van der Waals surface area (Å²) in [5.74, 6) is -1.11. The molecule has 1 unspecified atom stereocenters. The predicted octanol–water partition coefficient (Wildman–Crippen LogP) is 6.32. The van der Waals surface area contributed by atoms with E-state index in [-0.39, 0.29) is 16.3 Å². The molecule has 0 amide bonds. The molecule has 4 aromatic rings. The fourth-order valence-electron chi connectivity index (χ4n) is 4.21. The molecule has 0 aliphatic carbocycles. The van der Waals surface area contributed by atoms with Crippen LogP contribution in [0.4, 0.5) is 13.2 Å². The lowest BCUT2D eigenvalue weighted by atomic mass is 9.97. The maximum Gasteiger partial charge on any atom is 0.435 e. The lowest BCUT2D eigenvalue weighted by Crippen LogP contribution is -2.25. The molecule has 0 saturated heterocycles. The monoisotopic (exact) mass is 568 g/mol. The van der Waals surface area contributed by atoms with Gasteiger partial charge in [-0.3, -0.25) is 0 Å². The molecule has 4 rings (SSSR count). The number of rotatable bonds is 8. The molecule has 1 aromatic heterocycles. The third-order valence-corrected chi connectivity index (χ3v) is 7.72. The minimum absolute atomic E-state index is 0.191. The van der Waals surface area contributed by atoms with Gasteiger partial charge in [0.2, 0.25) is 0 Å². The highest BCUT2D eigenvalue weighted by Gasteiger charge is 2.35. The quantitative estimate of drug-likeness (QED) is 0.184. The van der Waals surface area contributed by atoms with Gasteiger partial charge in [-0.2, -0.15) is 31.1 Å². The fourth-order valence-corrected chi connectivity index (χ4v) is 5.19.